The van der Waals surface area contributed by atoms with Crippen LogP contribution in [0.2, 0.25) is 0 Å². The first-order valence-corrected chi connectivity index (χ1v) is 7.57. The lowest BCUT2D eigenvalue weighted by molar-refractivity contribution is -0.928. The molecule has 0 atom stereocenters. The van der Waals surface area contributed by atoms with Gasteiger partial charge >= 0.3 is 0 Å². The normalized spacial score (nSPS) is 17.1. The second kappa shape index (κ2) is 5.34. The Morgan fingerprint density at radius 1 is 1.39 bits per heavy atom. The maximum Gasteiger partial charge on any atom is 0.292 e. The average Bonchev–Trinajstić information content (AvgIpc) is 3.01. The van der Waals surface area contributed by atoms with Crippen molar-refractivity contribution in [2.24, 2.45) is 0 Å². The molecule has 2 aromatic heterocycles. The monoisotopic (exact) mass is 282 g/mol. The molecule has 2 aromatic rings. The summed E-state index contributed by atoms with van der Waals surface area (Å²) in [7, 11) is 0. The lowest BCUT2D eigenvalue weighted by Gasteiger charge is -2.22. The van der Waals surface area contributed by atoms with Gasteiger partial charge in [-0.2, -0.15) is 4.68 Å². The molecule has 0 saturated carbocycles. The molecule has 4 nitrogen and oxygen atoms in total. The maximum atomic E-state index is 5.56. The van der Waals surface area contributed by atoms with Gasteiger partial charge in [0.25, 0.3) is 10.7 Å². The van der Waals surface area contributed by atoms with E-state index in [1.54, 1.807) is 16.2 Å². The average molecular weight is 282 g/mol. The zero-order chi connectivity index (χ0) is 12.4. The Kier molecular flexibility index (Phi) is 3.58. The van der Waals surface area contributed by atoms with Crippen LogP contribution in [0.25, 0.3) is 10.8 Å². The SMILES string of the molecule is S=c1oc(-c2cccs2)nn1C[NH+]1CCCCC1. The van der Waals surface area contributed by atoms with Gasteiger partial charge in [-0.1, -0.05) is 6.07 Å². The van der Waals surface area contributed by atoms with Gasteiger partial charge in [0.1, 0.15) is 0 Å². The van der Waals surface area contributed by atoms with Gasteiger partial charge in [0.15, 0.2) is 6.67 Å². The summed E-state index contributed by atoms with van der Waals surface area (Å²) in [5.41, 5.74) is 0. The van der Waals surface area contributed by atoms with Gasteiger partial charge in [-0.05, 0) is 42.9 Å². The molecule has 0 aromatic carbocycles. The standard InChI is InChI=1S/C12H15N3OS2/c17-12-15(9-14-6-2-1-3-7-14)13-11(16-12)10-5-4-8-18-10/h4-5,8H,1-3,6-7,9H2/p+1. The number of nitrogens with zero attached hydrogens (tertiary/aromatic N) is 2. The Balaban J connectivity index is 1.78. The molecule has 1 fully saturated rings. The van der Waals surface area contributed by atoms with E-state index in [1.807, 2.05) is 22.2 Å². The summed E-state index contributed by atoms with van der Waals surface area (Å²) < 4.78 is 7.39. The quantitative estimate of drug-likeness (QED) is 0.874. The lowest BCUT2D eigenvalue weighted by atomic mass is 10.1. The molecule has 6 heteroatoms. The van der Waals surface area contributed by atoms with Gasteiger partial charge < -0.3 is 9.32 Å². The van der Waals surface area contributed by atoms with E-state index in [0.717, 1.165) is 11.5 Å². The highest BCUT2D eigenvalue weighted by Gasteiger charge is 2.16. The van der Waals surface area contributed by atoms with Crippen LogP contribution in [0, 0.1) is 4.84 Å². The molecule has 0 unspecified atom stereocenters. The van der Waals surface area contributed by atoms with Crippen LogP contribution in [0.4, 0.5) is 0 Å². The first kappa shape index (κ1) is 12.1. The van der Waals surface area contributed by atoms with E-state index in [-0.39, 0.29) is 0 Å². The van der Waals surface area contributed by atoms with Crippen molar-refractivity contribution in [3.05, 3.63) is 22.4 Å². The van der Waals surface area contributed by atoms with Crippen LogP contribution in [0.5, 0.6) is 0 Å². The minimum Gasteiger partial charge on any atom is -0.408 e. The van der Waals surface area contributed by atoms with E-state index in [4.69, 9.17) is 16.6 Å². The van der Waals surface area contributed by atoms with Crippen molar-refractivity contribution in [2.45, 2.75) is 25.9 Å². The molecule has 18 heavy (non-hydrogen) atoms. The van der Waals surface area contributed by atoms with E-state index in [9.17, 15) is 0 Å². The largest absolute Gasteiger partial charge is 0.408 e. The third kappa shape index (κ3) is 2.55. The van der Waals surface area contributed by atoms with Crippen LogP contribution < -0.4 is 4.90 Å². The molecule has 0 spiro atoms. The number of piperidine rings is 1. The minimum absolute atomic E-state index is 0.483. The van der Waals surface area contributed by atoms with Crippen LogP contribution in [-0.2, 0) is 6.67 Å². The number of rotatable bonds is 3. The molecule has 3 rings (SSSR count). The smallest absolute Gasteiger partial charge is 0.292 e. The molecule has 0 bridgehead atoms. The minimum atomic E-state index is 0.483. The van der Waals surface area contributed by atoms with Gasteiger partial charge in [0, 0.05) is 0 Å². The van der Waals surface area contributed by atoms with Crippen LogP contribution in [0.1, 0.15) is 19.3 Å². The van der Waals surface area contributed by atoms with Crippen LogP contribution >= 0.6 is 23.6 Å². The summed E-state index contributed by atoms with van der Waals surface area (Å²) in [5.74, 6) is 0.645. The second-order valence-electron chi connectivity index (χ2n) is 4.62. The van der Waals surface area contributed by atoms with E-state index in [0.29, 0.717) is 10.7 Å². The highest BCUT2D eigenvalue weighted by Crippen LogP contribution is 2.22. The zero-order valence-corrected chi connectivity index (χ0v) is 11.7. The molecule has 1 saturated heterocycles. The lowest BCUT2D eigenvalue weighted by Crippen LogP contribution is -3.12. The van der Waals surface area contributed by atoms with Gasteiger partial charge in [-0.15, -0.1) is 16.4 Å². The fourth-order valence-electron chi connectivity index (χ4n) is 2.33. The predicted molar refractivity (Wildman–Crippen MR) is 73.2 cm³/mol. The predicted octanol–water partition coefficient (Wildman–Crippen LogP) is 1.96. The molecule has 96 valence electrons. The summed E-state index contributed by atoms with van der Waals surface area (Å²) in [5, 5.41) is 6.50. The van der Waals surface area contributed by atoms with Gasteiger partial charge in [0.05, 0.1) is 18.0 Å². The number of likely N-dealkylation sites (tertiary alicyclic amines) is 1. The van der Waals surface area contributed by atoms with E-state index in [1.165, 1.54) is 32.4 Å². The number of nitrogens with one attached hydrogen (secondary N) is 1. The van der Waals surface area contributed by atoms with Gasteiger partial charge in [-0.25, -0.2) is 0 Å². The number of quaternary nitrogens is 1. The Morgan fingerprint density at radius 2 is 2.22 bits per heavy atom. The Bertz CT molecular complexity index is 552. The molecular weight excluding hydrogens is 266 g/mol. The first-order chi connectivity index (χ1) is 8.83. The number of aromatic nitrogens is 2. The fraction of sp³-hybridized carbons (Fsp3) is 0.500. The van der Waals surface area contributed by atoms with E-state index in [2.05, 4.69) is 5.10 Å². The van der Waals surface area contributed by atoms with Crippen LogP contribution in [-0.4, -0.2) is 22.9 Å². The third-order valence-corrected chi connectivity index (χ3v) is 4.42. The summed E-state index contributed by atoms with van der Waals surface area (Å²) >= 11 is 6.86. The molecule has 0 aliphatic carbocycles. The van der Waals surface area contributed by atoms with Crippen molar-refractivity contribution in [3.8, 4) is 10.8 Å². The molecular formula is C12H16N3OS2+. The molecule has 1 aliphatic heterocycles. The number of hydrogen-bond acceptors (Lipinski definition) is 4. The molecule has 0 amide bonds. The van der Waals surface area contributed by atoms with Crippen molar-refractivity contribution in [3.63, 3.8) is 0 Å². The highest BCUT2D eigenvalue weighted by molar-refractivity contribution is 7.71. The van der Waals surface area contributed by atoms with Gasteiger partial charge in [0.2, 0.25) is 0 Å². The van der Waals surface area contributed by atoms with Crippen LogP contribution in [0.3, 0.4) is 0 Å². The van der Waals surface area contributed by atoms with Gasteiger partial charge in [-0.3, -0.25) is 0 Å². The third-order valence-electron chi connectivity index (χ3n) is 3.27. The fourth-order valence-corrected chi connectivity index (χ4v) is 3.16. The molecule has 3 heterocycles. The molecule has 0 radical (unpaired) electrons. The highest BCUT2D eigenvalue weighted by atomic mass is 32.1. The van der Waals surface area contributed by atoms with Crippen molar-refractivity contribution in [1.82, 2.24) is 9.78 Å². The summed E-state index contributed by atoms with van der Waals surface area (Å²) in [4.78, 5) is 3.06. The topological polar surface area (TPSA) is 35.4 Å². The summed E-state index contributed by atoms with van der Waals surface area (Å²) in [6, 6.07) is 4.00. The summed E-state index contributed by atoms with van der Waals surface area (Å²) in [6.45, 7) is 3.25. The molecule has 1 aliphatic rings. The van der Waals surface area contributed by atoms with E-state index < -0.39 is 0 Å². The zero-order valence-electron chi connectivity index (χ0n) is 10.1. The van der Waals surface area contributed by atoms with Crippen molar-refractivity contribution in [2.75, 3.05) is 13.1 Å². The number of thiophene rings is 1. The Labute approximate surface area is 115 Å². The van der Waals surface area contributed by atoms with Crippen molar-refractivity contribution in [1.29, 1.82) is 0 Å². The Morgan fingerprint density at radius 3 is 2.94 bits per heavy atom. The first-order valence-electron chi connectivity index (χ1n) is 6.28. The van der Waals surface area contributed by atoms with Crippen molar-refractivity contribution >= 4 is 23.6 Å². The Hall–Kier alpha value is -0.980. The van der Waals surface area contributed by atoms with E-state index >= 15 is 0 Å². The van der Waals surface area contributed by atoms with Crippen LogP contribution in [0.15, 0.2) is 21.9 Å². The van der Waals surface area contributed by atoms with Crippen molar-refractivity contribution < 1.29 is 9.32 Å². The maximum absolute atomic E-state index is 5.56. The number of hydrogen-bond donors (Lipinski definition) is 1. The second-order valence-corrected chi connectivity index (χ2v) is 5.92. The molecule has 1 N–H and O–H groups in total. The summed E-state index contributed by atoms with van der Waals surface area (Å²) in [6.07, 6.45) is 3.96.